The SMILES string of the molecule is C[C@H]1Nc2ncnn2[C@@H](c2ccccc2)[C@@H]1C(=O)Nc1ccccc1. The van der Waals surface area contributed by atoms with Gasteiger partial charge in [0, 0.05) is 11.7 Å². The van der Waals surface area contributed by atoms with Gasteiger partial charge in [-0.05, 0) is 24.6 Å². The van der Waals surface area contributed by atoms with Gasteiger partial charge in [0.25, 0.3) is 0 Å². The number of amides is 1. The fourth-order valence-corrected chi connectivity index (χ4v) is 3.39. The summed E-state index contributed by atoms with van der Waals surface area (Å²) in [5.74, 6) is 0.322. The zero-order chi connectivity index (χ0) is 17.2. The topological polar surface area (TPSA) is 71.8 Å². The Morgan fingerprint density at radius 1 is 1.08 bits per heavy atom. The molecule has 3 atom stereocenters. The number of carbonyl (C=O) groups is 1. The Balaban J connectivity index is 1.72. The third-order valence-corrected chi connectivity index (χ3v) is 4.56. The van der Waals surface area contributed by atoms with Gasteiger partial charge in [-0.15, -0.1) is 0 Å². The van der Waals surface area contributed by atoms with E-state index in [0.29, 0.717) is 5.95 Å². The summed E-state index contributed by atoms with van der Waals surface area (Å²) in [6.07, 6.45) is 1.52. The van der Waals surface area contributed by atoms with Crippen molar-refractivity contribution in [1.29, 1.82) is 0 Å². The van der Waals surface area contributed by atoms with Gasteiger partial charge in [0.2, 0.25) is 11.9 Å². The second-order valence-corrected chi connectivity index (χ2v) is 6.20. The standard InChI is InChI=1S/C19H19N5O/c1-13-16(18(25)23-15-10-6-3-7-11-15)17(14-8-4-2-5-9-14)24-19(22-13)20-12-21-24/h2-13,16-17H,1H3,(H,23,25)(H,20,21,22)/t13-,16-,17+/m1/s1. The molecule has 0 spiro atoms. The largest absolute Gasteiger partial charge is 0.351 e. The Labute approximate surface area is 145 Å². The summed E-state index contributed by atoms with van der Waals surface area (Å²) in [5.41, 5.74) is 1.83. The third kappa shape index (κ3) is 2.87. The highest BCUT2D eigenvalue weighted by Crippen LogP contribution is 2.36. The zero-order valence-electron chi connectivity index (χ0n) is 13.8. The van der Waals surface area contributed by atoms with Crippen LogP contribution in [0.2, 0.25) is 0 Å². The number of nitrogens with one attached hydrogen (secondary N) is 2. The second-order valence-electron chi connectivity index (χ2n) is 6.20. The summed E-state index contributed by atoms with van der Waals surface area (Å²) in [5, 5.41) is 10.7. The minimum Gasteiger partial charge on any atom is -0.351 e. The predicted octanol–water partition coefficient (Wildman–Crippen LogP) is 2.94. The lowest BCUT2D eigenvalue weighted by Crippen LogP contribution is -2.46. The summed E-state index contributed by atoms with van der Waals surface area (Å²) in [4.78, 5) is 17.4. The molecule has 0 bridgehead atoms. The zero-order valence-corrected chi connectivity index (χ0v) is 13.8. The average Bonchev–Trinajstić information content (AvgIpc) is 3.10. The normalized spacial score (nSPS) is 21.9. The first kappa shape index (κ1) is 15.4. The van der Waals surface area contributed by atoms with Gasteiger partial charge in [-0.1, -0.05) is 48.5 Å². The maximum Gasteiger partial charge on any atom is 0.232 e. The van der Waals surface area contributed by atoms with Crippen molar-refractivity contribution in [3.05, 3.63) is 72.6 Å². The lowest BCUT2D eigenvalue weighted by molar-refractivity contribution is -0.121. The van der Waals surface area contributed by atoms with E-state index in [1.54, 1.807) is 4.68 Å². The number of hydrogen-bond acceptors (Lipinski definition) is 4. The van der Waals surface area contributed by atoms with Crippen molar-refractivity contribution in [2.45, 2.75) is 19.0 Å². The highest BCUT2D eigenvalue weighted by atomic mass is 16.2. The van der Waals surface area contributed by atoms with Crippen molar-refractivity contribution in [3.63, 3.8) is 0 Å². The van der Waals surface area contributed by atoms with Gasteiger partial charge in [0.15, 0.2) is 0 Å². The van der Waals surface area contributed by atoms with E-state index in [1.807, 2.05) is 67.6 Å². The van der Waals surface area contributed by atoms with Crippen LogP contribution in [0.1, 0.15) is 18.5 Å². The Bertz CT molecular complexity index is 862. The van der Waals surface area contributed by atoms with Gasteiger partial charge < -0.3 is 10.6 Å². The van der Waals surface area contributed by atoms with Crippen LogP contribution in [0.15, 0.2) is 67.0 Å². The summed E-state index contributed by atoms with van der Waals surface area (Å²) >= 11 is 0. The monoisotopic (exact) mass is 333 g/mol. The summed E-state index contributed by atoms with van der Waals surface area (Å²) in [6, 6.07) is 19.2. The molecule has 0 saturated heterocycles. The maximum absolute atomic E-state index is 13.1. The second kappa shape index (κ2) is 6.39. The first-order chi connectivity index (χ1) is 12.2. The molecule has 2 N–H and O–H groups in total. The van der Waals surface area contributed by atoms with Gasteiger partial charge in [0.1, 0.15) is 6.33 Å². The molecular formula is C19H19N5O. The summed E-state index contributed by atoms with van der Waals surface area (Å²) in [7, 11) is 0. The molecule has 0 aliphatic carbocycles. The van der Waals surface area contributed by atoms with Crippen molar-refractivity contribution in [2.24, 2.45) is 5.92 Å². The fourth-order valence-electron chi connectivity index (χ4n) is 3.39. The van der Waals surface area contributed by atoms with Crippen LogP contribution in [0.4, 0.5) is 11.6 Å². The first-order valence-electron chi connectivity index (χ1n) is 8.31. The molecule has 0 saturated carbocycles. The summed E-state index contributed by atoms with van der Waals surface area (Å²) < 4.78 is 1.80. The van der Waals surface area contributed by atoms with E-state index in [4.69, 9.17) is 0 Å². The molecule has 1 aliphatic heterocycles. The van der Waals surface area contributed by atoms with Crippen LogP contribution < -0.4 is 10.6 Å². The van der Waals surface area contributed by atoms with Gasteiger partial charge in [0.05, 0.1) is 12.0 Å². The molecular weight excluding hydrogens is 314 g/mol. The van der Waals surface area contributed by atoms with Crippen LogP contribution >= 0.6 is 0 Å². The smallest absolute Gasteiger partial charge is 0.232 e. The van der Waals surface area contributed by atoms with Crippen LogP contribution in [0, 0.1) is 5.92 Å². The highest BCUT2D eigenvalue weighted by molar-refractivity contribution is 5.94. The Hall–Kier alpha value is -3.15. The number of hydrogen-bond donors (Lipinski definition) is 2. The molecule has 3 aromatic rings. The molecule has 2 aromatic carbocycles. The Morgan fingerprint density at radius 2 is 1.76 bits per heavy atom. The van der Waals surface area contributed by atoms with E-state index in [0.717, 1.165) is 11.3 Å². The van der Waals surface area contributed by atoms with E-state index in [2.05, 4.69) is 20.7 Å². The number of nitrogens with zero attached hydrogens (tertiary/aromatic N) is 3. The number of fused-ring (bicyclic) bond motifs is 1. The third-order valence-electron chi connectivity index (χ3n) is 4.56. The van der Waals surface area contributed by atoms with Crippen LogP contribution in [-0.4, -0.2) is 26.7 Å². The van der Waals surface area contributed by atoms with Crippen LogP contribution in [0.5, 0.6) is 0 Å². The lowest BCUT2D eigenvalue weighted by Gasteiger charge is -2.36. The summed E-state index contributed by atoms with van der Waals surface area (Å²) in [6.45, 7) is 2.00. The van der Waals surface area contributed by atoms with E-state index < -0.39 is 0 Å². The quantitative estimate of drug-likeness (QED) is 0.773. The number of anilines is 2. The first-order valence-corrected chi connectivity index (χ1v) is 8.31. The van der Waals surface area contributed by atoms with Crippen LogP contribution in [0.3, 0.4) is 0 Å². The van der Waals surface area contributed by atoms with Crippen molar-refractivity contribution < 1.29 is 4.79 Å². The predicted molar refractivity (Wildman–Crippen MR) is 96.2 cm³/mol. The molecule has 4 rings (SSSR count). The highest BCUT2D eigenvalue weighted by Gasteiger charge is 2.41. The van der Waals surface area contributed by atoms with Crippen LogP contribution in [0.25, 0.3) is 0 Å². The molecule has 0 unspecified atom stereocenters. The number of para-hydroxylation sites is 1. The van der Waals surface area contributed by atoms with Crippen molar-refractivity contribution in [1.82, 2.24) is 14.8 Å². The molecule has 1 aliphatic rings. The fraction of sp³-hybridized carbons (Fsp3) is 0.211. The molecule has 6 heteroatoms. The minimum absolute atomic E-state index is 0.0406. The molecule has 6 nitrogen and oxygen atoms in total. The Morgan fingerprint density at radius 3 is 2.48 bits per heavy atom. The van der Waals surface area contributed by atoms with E-state index in [-0.39, 0.29) is 23.9 Å². The molecule has 1 amide bonds. The number of carbonyl (C=O) groups excluding carboxylic acids is 1. The van der Waals surface area contributed by atoms with Gasteiger partial charge in [-0.2, -0.15) is 10.1 Å². The van der Waals surface area contributed by atoms with E-state index >= 15 is 0 Å². The molecule has 0 radical (unpaired) electrons. The molecule has 126 valence electrons. The number of rotatable bonds is 3. The molecule has 2 heterocycles. The van der Waals surface area contributed by atoms with E-state index in [1.165, 1.54) is 6.33 Å². The van der Waals surface area contributed by atoms with Crippen LogP contribution in [-0.2, 0) is 4.79 Å². The average molecular weight is 333 g/mol. The Kier molecular flexibility index (Phi) is 3.93. The van der Waals surface area contributed by atoms with Crippen molar-refractivity contribution >= 4 is 17.5 Å². The lowest BCUT2D eigenvalue weighted by atomic mass is 9.85. The number of benzene rings is 2. The van der Waals surface area contributed by atoms with Gasteiger partial charge in [-0.25, -0.2) is 4.68 Å². The molecule has 1 aromatic heterocycles. The minimum atomic E-state index is -0.322. The molecule has 0 fully saturated rings. The number of aromatic nitrogens is 3. The van der Waals surface area contributed by atoms with Gasteiger partial charge in [-0.3, -0.25) is 4.79 Å². The van der Waals surface area contributed by atoms with Crippen molar-refractivity contribution in [2.75, 3.05) is 10.6 Å². The maximum atomic E-state index is 13.1. The van der Waals surface area contributed by atoms with Gasteiger partial charge >= 0.3 is 0 Å². The van der Waals surface area contributed by atoms with E-state index in [9.17, 15) is 4.79 Å². The molecule has 25 heavy (non-hydrogen) atoms. The van der Waals surface area contributed by atoms with Crippen molar-refractivity contribution in [3.8, 4) is 0 Å².